The molecule has 124 valence electrons. The molecular weight excluding hydrogens is 332 g/mol. The standard InChI is InChI=1S/C19H16N4OS/c20-23-10-21-16-14-12-8-4-5-9-13(12)15(11-6-2-1-3-7-11)22-18(14)25-17(16)19(23)24/h1-3,6-7,10H,4-5,8-9,20H2. The van der Waals surface area contributed by atoms with Gasteiger partial charge in [-0.3, -0.25) is 4.79 Å². The van der Waals surface area contributed by atoms with Crippen molar-refractivity contribution in [2.24, 2.45) is 0 Å². The van der Waals surface area contributed by atoms with Crippen molar-refractivity contribution in [3.8, 4) is 11.3 Å². The van der Waals surface area contributed by atoms with Crippen LogP contribution in [-0.4, -0.2) is 14.6 Å². The minimum atomic E-state index is -0.209. The summed E-state index contributed by atoms with van der Waals surface area (Å²) >= 11 is 1.40. The molecule has 0 aliphatic heterocycles. The van der Waals surface area contributed by atoms with Crippen LogP contribution >= 0.6 is 11.3 Å². The van der Waals surface area contributed by atoms with E-state index < -0.39 is 0 Å². The molecule has 0 fully saturated rings. The van der Waals surface area contributed by atoms with Gasteiger partial charge in [-0.2, -0.15) is 0 Å². The van der Waals surface area contributed by atoms with E-state index in [4.69, 9.17) is 10.8 Å². The number of hydrogen-bond donors (Lipinski definition) is 1. The van der Waals surface area contributed by atoms with Crippen LogP contribution in [0.4, 0.5) is 0 Å². The third-order valence-electron chi connectivity index (χ3n) is 4.92. The molecule has 4 aromatic rings. The average molecular weight is 348 g/mol. The number of fused-ring (bicyclic) bond motifs is 5. The van der Waals surface area contributed by atoms with Crippen LogP contribution in [0.3, 0.4) is 0 Å². The Hall–Kier alpha value is -2.73. The molecule has 1 aromatic carbocycles. The second kappa shape index (κ2) is 5.39. The Bertz CT molecular complexity index is 1180. The van der Waals surface area contributed by atoms with Gasteiger partial charge in [0.15, 0.2) is 0 Å². The van der Waals surface area contributed by atoms with E-state index >= 15 is 0 Å². The highest BCUT2D eigenvalue weighted by Crippen LogP contribution is 2.40. The lowest BCUT2D eigenvalue weighted by atomic mass is 9.87. The smallest absolute Gasteiger partial charge is 0.289 e. The van der Waals surface area contributed by atoms with E-state index in [0.717, 1.165) is 50.9 Å². The summed E-state index contributed by atoms with van der Waals surface area (Å²) in [5, 5.41) is 1.05. The van der Waals surface area contributed by atoms with Crippen LogP contribution in [0.1, 0.15) is 24.0 Å². The Morgan fingerprint density at radius 2 is 1.84 bits per heavy atom. The van der Waals surface area contributed by atoms with Gasteiger partial charge < -0.3 is 5.84 Å². The molecule has 1 aliphatic carbocycles. The van der Waals surface area contributed by atoms with Gasteiger partial charge in [-0.15, -0.1) is 11.3 Å². The summed E-state index contributed by atoms with van der Waals surface area (Å²) in [7, 11) is 0. The minimum absolute atomic E-state index is 0.209. The minimum Gasteiger partial charge on any atom is -0.335 e. The topological polar surface area (TPSA) is 73.8 Å². The predicted octanol–water partition coefficient (Wildman–Crippen LogP) is 3.27. The van der Waals surface area contributed by atoms with Crippen molar-refractivity contribution in [1.29, 1.82) is 0 Å². The van der Waals surface area contributed by atoms with Crippen molar-refractivity contribution in [2.45, 2.75) is 25.7 Å². The SMILES string of the molecule is Nn1cnc2c(sc3nc(-c4ccccc4)c4c(c32)CCCC4)c1=O. The maximum absolute atomic E-state index is 12.4. The van der Waals surface area contributed by atoms with E-state index in [0.29, 0.717) is 4.70 Å². The van der Waals surface area contributed by atoms with E-state index in [-0.39, 0.29) is 5.56 Å². The van der Waals surface area contributed by atoms with Gasteiger partial charge in [-0.25, -0.2) is 14.6 Å². The molecule has 0 spiro atoms. The van der Waals surface area contributed by atoms with E-state index in [9.17, 15) is 4.79 Å². The number of hydrogen-bond acceptors (Lipinski definition) is 5. The first kappa shape index (κ1) is 14.6. The second-order valence-corrected chi connectivity index (χ2v) is 7.41. The van der Waals surface area contributed by atoms with Crippen molar-refractivity contribution in [2.75, 3.05) is 5.84 Å². The fourth-order valence-corrected chi connectivity index (χ4v) is 4.86. The quantitative estimate of drug-likeness (QED) is 0.536. The fraction of sp³-hybridized carbons (Fsp3) is 0.211. The summed E-state index contributed by atoms with van der Waals surface area (Å²) < 4.78 is 1.63. The van der Waals surface area contributed by atoms with Crippen LogP contribution in [0.2, 0.25) is 0 Å². The summed E-state index contributed by atoms with van der Waals surface area (Å²) in [6.07, 6.45) is 5.76. The molecule has 6 heteroatoms. The molecule has 3 heterocycles. The van der Waals surface area contributed by atoms with Crippen molar-refractivity contribution in [3.63, 3.8) is 0 Å². The Morgan fingerprint density at radius 3 is 2.64 bits per heavy atom. The zero-order valence-corrected chi connectivity index (χ0v) is 14.3. The first-order chi connectivity index (χ1) is 12.2. The molecule has 0 unspecified atom stereocenters. The Labute approximate surface area is 147 Å². The Kier molecular flexibility index (Phi) is 3.15. The third-order valence-corrected chi connectivity index (χ3v) is 5.98. The van der Waals surface area contributed by atoms with Crippen molar-refractivity contribution in [1.82, 2.24) is 14.6 Å². The zero-order valence-electron chi connectivity index (χ0n) is 13.5. The third kappa shape index (κ3) is 2.10. The van der Waals surface area contributed by atoms with Crippen LogP contribution in [0.25, 0.3) is 31.7 Å². The zero-order chi connectivity index (χ0) is 17.0. The number of pyridine rings is 1. The van der Waals surface area contributed by atoms with Gasteiger partial charge in [0.05, 0.1) is 11.2 Å². The summed E-state index contributed by atoms with van der Waals surface area (Å²) in [5.41, 5.74) is 5.33. The van der Waals surface area contributed by atoms with Crippen LogP contribution in [0, 0.1) is 0 Å². The molecule has 0 radical (unpaired) electrons. The summed E-state index contributed by atoms with van der Waals surface area (Å²) in [6.45, 7) is 0. The fourth-order valence-electron chi connectivity index (χ4n) is 3.77. The molecule has 0 saturated heterocycles. The highest BCUT2D eigenvalue weighted by molar-refractivity contribution is 7.25. The molecule has 1 aliphatic rings. The normalized spacial score (nSPS) is 14.1. The van der Waals surface area contributed by atoms with E-state index in [1.807, 2.05) is 18.2 Å². The van der Waals surface area contributed by atoms with E-state index in [1.54, 1.807) is 0 Å². The number of thiophene rings is 1. The van der Waals surface area contributed by atoms with Crippen LogP contribution in [-0.2, 0) is 12.8 Å². The molecule has 25 heavy (non-hydrogen) atoms. The van der Waals surface area contributed by atoms with Crippen molar-refractivity contribution in [3.05, 3.63) is 58.1 Å². The summed E-state index contributed by atoms with van der Waals surface area (Å²) in [5.74, 6) is 5.69. The maximum Gasteiger partial charge on any atom is 0.289 e. The lowest BCUT2D eigenvalue weighted by Gasteiger charge is -2.20. The highest BCUT2D eigenvalue weighted by Gasteiger charge is 2.23. The van der Waals surface area contributed by atoms with Crippen LogP contribution < -0.4 is 11.4 Å². The van der Waals surface area contributed by atoms with Gasteiger partial charge in [0.25, 0.3) is 5.56 Å². The number of rotatable bonds is 1. The Morgan fingerprint density at radius 1 is 1.08 bits per heavy atom. The maximum atomic E-state index is 12.4. The van der Waals surface area contributed by atoms with Gasteiger partial charge in [0, 0.05) is 10.9 Å². The first-order valence-corrected chi connectivity index (χ1v) is 9.22. The van der Waals surface area contributed by atoms with Crippen LogP contribution in [0.5, 0.6) is 0 Å². The lowest BCUT2D eigenvalue weighted by molar-refractivity contribution is 0.689. The number of benzene rings is 1. The second-order valence-electron chi connectivity index (χ2n) is 6.41. The molecule has 2 N–H and O–H groups in total. The lowest BCUT2D eigenvalue weighted by Crippen LogP contribution is -2.26. The van der Waals surface area contributed by atoms with Crippen molar-refractivity contribution < 1.29 is 0 Å². The molecular formula is C19H16N4OS. The van der Waals surface area contributed by atoms with E-state index in [2.05, 4.69) is 17.1 Å². The molecule has 5 nitrogen and oxygen atoms in total. The van der Waals surface area contributed by atoms with Crippen molar-refractivity contribution >= 4 is 31.8 Å². The molecule has 0 amide bonds. The van der Waals surface area contributed by atoms with Gasteiger partial charge in [0.1, 0.15) is 15.9 Å². The number of nitrogen functional groups attached to an aromatic ring is 1. The first-order valence-electron chi connectivity index (χ1n) is 8.40. The highest BCUT2D eigenvalue weighted by atomic mass is 32.1. The number of aryl methyl sites for hydroxylation is 1. The largest absolute Gasteiger partial charge is 0.335 e. The molecule has 0 bridgehead atoms. The van der Waals surface area contributed by atoms with E-state index in [1.165, 1.54) is 35.2 Å². The number of nitrogens with zero attached hydrogens (tertiary/aromatic N) is 3. The monoisotopic (exact) mass is 348 g/mol. The van der Waals surface area contributed by atoms with Gasteiger partial charge in [-0.05, 0) is 36.8 Å². The number of aromatic nitrogens is 3. The van der Waals surface area contributed by atoms with Gasteiger partial charge in [0.2, 0.25) is 0 Å². The average Bonchev–Trinajstić information content (AvgIpc) is 3.04. The van der Waals surface area contributed by atoms with Crippen LogP contribution in [0.15, 0.2) is 41.5 Å². The Balaban J connectivity index is 1.94. The molecule has 0 saturated carbocycles. The molecule has 5 rings (SSSR count). The predicted molar refractivity (Wildman–Crippen MR) is 101 cm³/mol. The van der Waals surface area contributed by atoms with Gasteiger partial charge in [-0.1, -0.05) is 30.3 Å². The summed E-state index contributed by atoms with van der Waals surface area (Å²) in [6, 6.07) is 10.3. The molecule has 0 atom stereocenters. The molecule has 3 aromatic heterocycles. The van der Waals surface area contributed by atoms with Gasteiger partial charge >= 0.3 is 0 Å². The summed E-state index contributed by atoms with van der Waals surface area (Å²) in [4.78, 5) is 22.7. The number of nitrogens with two attached hydrogens (primary N) is 1.